The van der Waals surface area contributed by atoms with Gasteiger partial charge in [0.1, 0.15) is 0 Å². The number of carbonyl (C=O) groups excluding carboxylic acids is 2. The number of carbonyl (C=O) groups is 2. The van der Waals surface area contributed by atoms with Gasteiger partial charge in [-0.25, -0.2) is 0 Å². The van der Waals surface area contributed by atoms with E-state index in [9.17, 15) is 24.8 Å². The van der Waals surface area contributed by atoms with Gasteiger partial charge in [-0.3, -0.25) is 19.7 Å². The number of aryl methyl sites for hydroxylation is 2. The number of nitro benzene ring substituents is 1. The van der Waals surface area contributed by atoms with Crippen LogP contribution in [0.15, 0.2) is 78.9 Å². The van der Waals surface area contributed by atoms with Crippen LogP contribution in [0, 0.1) is 10.1 Å². The number of non-ortho nitro benzene ring substituents is 1. The summed E-state index contributed by atoms with van der Waals surface area (Å²) < 4.78 is 0. The Hall–Kier alpha value is -4.36. The zero-order valence-electron chi connectivity index (χ0n) is 19.3. The maximum Gasteiger partial charge on any atom is 0.269 e. The smallest absolute Gasteiger partial charge is 0.269 e. The lowest BCUT2D eigenvalue weighted by atomic mass is 9.86. The third kappa shape index (κ3) is 3.31. The third-order valence-electron chi connectivity index (χ3n) is 7.32. The number of para-hydroxylation sites is 1. The summed E-state index contributed by atoms with van der Waals surface area (Å²) in [6.45, 7) is 0.116. The van der Waals surface area contributed by atoms with Crippen LogP contribution in [-0.2, 0) is 29.8 Å². The molecular weight excluding hydrogens is 456 g/mol. The van der Waals surface area contributed by atoms with Crippen LogP contribution < -0.4 is 4.90 Å². The molecule has 178 valence electrons. The fourth-order valence-electron chi connectivity index (χ4n) is 5.56. The molecule has 0 aromatic heterocycles. The van der Waals surface area contributed by atoms with Gasteiger partial charge < -0.3 is 10.0 Å². The minimum atomic E-state index is -2.00. The van der Waals surface area contributed by atoms with Crippen molar-refractivity contribution < 1.29 is 19.6 Å². The van der Waals surface area contributed by atoms with E-state index in [4.69, 9.17) is 0 Å². The quantitative estimate of drug-likeness (QED) is 0.242. The number of nitro groups is 1. The normalized spacial score (nSPS) is 18.0. The number of anilines is 1. The molecular formula is C29H22N2O5. The van der Waals surface area contributed by atoms with E-state index < -0.39 is 16.4 Å². The monoisotopic (exact) mass is 478 g/mol. The molecule has 4 aromatic rings. The first-order valence-electron chi connectivity index (χ1n) is 11.8. The number of hydrogen-bond acceptors (Lipinski definition) is 5. The van der Waals surface area contributed by atoms with Crippen LogP contribution in [0.3, 0.4) is 0 Å². The molecule has 0 radical (unpaired) electrons. The Bertz CT molecular complexity index is 1570. The number of nitrogens with zero attached hydrogens (tertiary/aromatic N) is 2. The Kier molecular flexibility index (Phi) is 4.98. The van der Waals surface area contributed by atoms with Crippen LogP contribution >= 0.6 is 0 Å². The van der Waals surface area contributed by atoms with E-state index >= 15 is 0 Å². The highest BCUT2D eigenvalue weighted by molar-refractivity contribution is 6.14. The van der Waals surface area contributed by atoms with E-state index in [1.165, 1.54) is 28.2 Å². The van der Waals surface area contributed by atoms with Crippen molar-refractivity contribution in [3.8, 4) is 0 Å². The highest BCUT2D eigenvalue weighted by Crippen LogP contribution is 2.44. The minimum absolute atomic E-state index is 0.0423. The number of fused-ring (bicyclic) bond motifs is 1. The molecule has 6 rings (SSSR count). The number of benzene rings is 4. The van der Waals surface area contributed by atoms with Crippen molar-refractivity contribution in [1.82, 2.24) is 0 Å². The highest BCUT2D eigenvalue weighted by atomic mass is 16.6. The van der Waals surface area contributed by atoms with E-state index in [1.54, 1.807) is 42.5 Å². The predicted octanol–water partition coefficient (Wildman–Crippen LogP) is 4.85. The van der Waals surface area contributed by atoms with E-state index in [2.05, 4.69) is 6.07 Å². The lowest BCUT2D eigenvalue weighted by Crippen LogP contribution is -2.41. The van der Waals surface area contributed by atoms with Crippen molar-refractivity contribution in [2.24, 2.45) is 0 Å². The van der Waals surface area contributed by atoms with Crippen molar-refractivity contribution in [2.75, 3.05) is 4.90 Å². The van der Waals surface area contributed by atoms with Gasteiger partial charge in [0, 0.05) is 23.3 Å². The molecule has 7 nitrogen and oxygen atoms in total. The first-order chi connectivity index (χ1) is 17.4. The zero-order valence-corrected chi connectivity index (χ0v) is 19.3. The summed E-state index contributed by atoms with van der Waals surface area (Å²) in [6, 6.07) is 22.6. The summed E-state index contributed by atoms with van der Waals surface area (Å²) in [5, 5.41) is 24.6. The molecule has 1 amide bonds. The first-order valence-corrected chi connectivity index (χ1v) is 11.8. The second kappa shape index (κ2) is 8.10. The molecule has 1 aliphatic heterocycles. The van der Waals surface area contributed by atoms with E-state index in [0.29, 0.717) is 22.4 Å². The summed E-state index contributed by atoms with van der Waals surface area (Å²) in [6.07, 6.45) is 1.51. The number of amides is 1. The highest BCUT2D eigenvalue weighted by Gasteiger charge is 2.50. The Morgan fingerprint density at radius 1 is 0.944 bits per heavy atom. The molecule has 2 aliphatic rings. The summed E-state index contributed by atoms with van der Waals surface area (Å²) in [5.41, 5.74) is 2.47. The molecule has 7 heteroatoms. The summed E-state index contributed by atoms with van der Waals surface area (Å²) >= 11 is 0. The number of hydrogen-bond donors (Lipinski definition) is 1. The largest absolute Gasteiger partial charge is 0.375 e. The zero-order chi connectivity index (χ0) is 25.0. The maximum absolute atomic E-state index is 13.6. The second-order valence-electron chi connectivity index (χ2n) is 9.40. The van der Waals surface area contributed by atoms with Crippen LogP contribution in [0.2, 0.25) is 0 Å². The van der Waals surface area contributed by atoms with Gasteiger partial charge in [-0.15, -0.1) is 0 Å². The van der Waals surface area contributed by atoms with Crippen molar-refractivity contribution in [3.05, 3.63) is 117 Å². The van der Waals surface area contributed by atoms with Gasteiger partial charge in [-0.1, -0.05) is 60.7 Å². The summed E-state index contributed by atoms with van der Waals surface area (Å²) in [4.78, 5) is 39.2. The van der Waals surface area contributed by atoms with Gasteiger partial charge in [0.05, 0.1) is 23.6 Å². The fraction of sp³-hybridized carbons (Fsp3) is 0.172. The average Bonchev–Trinajstić information content (AvgIpc) is 3.39. The number of rotatable bonds is 6. The molecule has 1 aliphatic carbocycles. The Balaban J connectivity index is 1.34. The molecule has 0 fully saturated rings. The summed E-state index contributed by atoms with van der Waals surface area (Å²) in [7, 11) is 0. The van der Waals surface area contributed by atoms with Gasteiger partial charge in [-0.2, -0.15) is 0 Å². The Morgan fingerprint density at radius 3 is 2.42 bits per heavy atom. The predicted molar refractivity (Wildman–Crippen MR) is 135 cm³/mol. The van der Waals surface area contributed by atoms with Crippen molar-refractivity contribution in [3.63, 3.8) is 0 Å². The van der Waals surface area contributed by atoms with Gasteiger partial charge >= 0.3 is 0 Å². The molecule has 1 N–H and O–H groups in total. The topological polar surface area (TPSA) is 101 Å². The number of aliphatic hydroxyl groups is 1. The molecule has 1 atom stereocenters. The van der Waals surface area contributed by atoms with Crippen molar-refractivity contribution in [2.45, 2.75) is 31.4 Å². The number of Topliss-reactive ketones (excluding diaryl/α,β-unsaturated/α-hetero) is 1. The third-order valence-corrected chi connectivity index (χ3v) is 7.32. The SMILES string of the molecule is O=C(CC1(O)C(=O)N(Cc2ccc([N+](=O)[O-])cc2)c2ccccc21)c1ccc2c3c(cccc13)CC2. The van der Waals surface area contributed by atoms with Crippen LogP contribution in [0.5, 0.6) is 0 Å². The van der Waals surface area contributed by atoms with Crippen LogP contribution in [0.25, 0.3) is 10.8 Å². The molecule has 0 spiro atoms. The van der Waals surface area contributed by atoms with Crippen molar-refractivity contribution >= 4 is 33.8 Å². The molecule has 4 aromatic carbocycles. The van der Waals surface area contributed by atoms with Gasteiger partial charge in [-0.05, 0) is 46.4 Å². The van der Waals surface area contributed by atoms with E-state index in [-0.39, 0.29) is 24.4 Å². The summed E-state index contributed by atoms with van der Waals surface area (Å²) in [5.74, 6) is -0.880. The standard InChI is InChI=1S/C29H22N2O5/c32-26(22-15-12-20-11-10-19-4-3-5-23(22)27(19)20)16-29(34)24-6-1-2-7-25(24)30(28(29)33)17-18-8-13-21(14-9-18)31(35)36/h1-9,12-15,34H,10-11,16-17H2. The van der Waals surface area contributed by atoms with Gasteiger partial charge in [0.15, 0.2) is 11.4 Å². The first kappa shape index (κ1) is 22.1. The molecule has 1 heterocycles. The Labute approximate surface area is 206 Å². The second-order valence-corrected chi connectivity index (χ2v) is 9.40. The lowest BCUT2D eigenvalue weighted by molar-refractivity contribution is -0.384. The average molecular weight is 479 g/mol. The molecule has 0 saturated carbocycles. The number of ketones is 1. The van der Waals surface area contributed by atoms with Crippen LogP contribution in [-0.4, -0.2) is 21.7 Å². The Morgan fingerprint density at radius 2 is 1.67 bits per heavy atom. The fourth-order valence-corrected chi connectivity index (χ4v) is 5.56. The molecule has 36 heavy (non-hydrogen) atoms. The van der Waals surface area contributed by atoms with Crippen LogP contribution in [0.1, 0.15) is 39.0 Å². The molecule has 0 saturated heterocycles. The minimum Gasteiger partial charge on any atom is -0.375 e. The molecule has 0 bridgehead atoms. The molecule has 1 unspecified atom stereocenters. The maximum atomic E-state index is 13.6. The van der Waals surface area contributed by atoms with E-state index in [1.807, 2.05) is 18.2 Å². The van der Waals surface area contributed by atoms with Gasteiger partial charge in [0.25, 0.3) is 11.6 Å². The van der Waals surface area contributed by atoms with Crippen LogP contribution in [0.4, 0.5) is 11.4 Å². The van der Waals surface area contributed by atoms with Crippen molar-refractivity contribution in [1.29, 1.82) is 0 Å². The lowest BCUT2D eigenvalue weighted by Gasteiger charge is -2.23. The van der Waals surface area contributed by atoms with Gasteiger partial charge in [0.2, 0.25) is 0 Å². The van der Waals surface area contributed by atoms with E-state index in [0.717, 1.165) is 23.6 Å².